The molecule has 4 atom stereocenters. The van der Waals surface area contributed by atoms with Crippen LogP contribution < -0.4 is 5.73 Å². The number of hydrogen-bond acceptors (Lipinski definition) is 8. The van der Waals surface area contributed by atoms with Gasteiger partial charge in [-0.3, -0.25) is 4.90 Å². The smallest absolute Gasteiger partial charge is 0.262 e. The fourth-order valence-corrected chi connectivity index (χ4v) is 5.68. The van der Waals surface area contributed by atoms with Gasteiger partial charge in [0.2, 0.25) is 0 Å². The lowest BCUT2D eigenvalue weighted by atomic mass is 9.84. The minimum atomic E-state index is -2.78. The van der Waals surface area contributed by atoms with Gasteiger partial charge < -0.3 is 25.6 Å². The van der Waals surface area contributed by atoms with Gasteiger partial charge in [-0.05, 0) is 44.6 Å². The molecule has 3 aliphatic rings. The minimum absolute atomic E-state index is 0.136. The fourth-order valence-electron chi connectivity index (χ4n) is 5.68. The predicted octanol–water partition coefficient (Wildman–Crippen LogP) is 0.669. The number of piperidine rings is 1. The Labute approximate surface area is 184 Å². The Kier molecular flexibility index (Phi) is 5.37. The van der Waals surface area contributed by atoms with Crippen LogP contribution in [0.5, 0.6) is 0 Å². The van der Waals surface area contributed by atoms with Crippen LogP contribution >= 0.6 is 0 Å². The molecule has 5 heterocycles. The van der Waals surface area contributed by atoms with Gasteiger partial charge in [-0.2, -0.15) is 5.10 Å². The highest BCUT2D eigenvalue weighted by Crippen LogP contribution is 2.46. The molecular weight excluding hydrogens is 422 g/mol. The fraction of sp³-hybridized carbons (Fsp3) is 0.714. The van der Waals surface area contributed by atoms with E-state index in [0.717, 1.165) is 19.6 Å². The SMILES string of the molecule is CCN1CCC2(CC1)CC(F)(F)CN2C[C@H]1O[C@@H](c2ccc3c(N)ncnn23)[C@H](O)[C@@H]1O. The van der Waals surface area contributed by atoms with E-state index in [4.69, 9.17) is 10.5 Å². The summed E-state index contributed by atoms with van der Waals surface area (Å²) in [6.45, 7) is 4.32. The van der Waals surface area contributed by atoms with Crippen molar-refractivity contribution in [3.05, 3.63) is 24.2 Å². The maximum absolute atomic E-state index is 14.5. The Balaban J connectivity index is 1.36. The summed E-state index contributed by atoms with van der Waals surface area (Å²) < 4.78 is 36.6. The highest BCUT2D eigenvalue weighted by molar-refractivity contribution is 5.65. The Morgan fingerprint density at radius 1 is 1.22 bits per heavy atom. The molecule has 11 heteroatoms. The molecule has 3 aliphatic heterocycles. The largest absolute Gasteiger partial charge is 0.388 e. The van der Waals surface area contributed by atoms with Crippen LogP contribution in [-0.4, -0.2) is 97.1 Å². The van der Waals surface area contributed by atoms with Gasteiger partial charge in [0.15, 0.2) is 5.82 Å². The van der Waals surface area contributed by atoms with E-state index in [9.17, 15) is 19.0 Å². The molecule has 2 aromatic rings. The third-order valence-electron chi connectivity index (χ3n) is 7.48. The number of fused-ring (bicyclic) bond motifs is 1. The first-order chi connectivity index (χ1) is 15.2. The van der Waals surface area contributed by atoms with Gasteiger partial charge >= 0.3 is 0 Å². The van der Waals surface area contributed by atoms with Crippen LogP contribution in [0.2, 0.25) is 0 Å². The lowest BCUT2D eigenvalue weighted by Crippen LogP contribution is -2.54. The summed E-state index contributed by atoms with van der Waals surface area (Å²) in [5.74, 6) is -2.49. The first-order valence-electron chi connectivity index (χ1n) is 11.2. The molecule has 5 rings (SSSR count). The summed E-state index contributed by atoms with van der Waals surface area (Å²) >= 11 is 0. The van der Waals surface area contributed by atoms with Crippen molar-refractivity contribution < 1.29 is 23.7 Å². The molecule has 176 valence electrons. The number of anilines is 1. The molecular formula is C21H30F2N6O3. The van der Waals surface area contributed by atoms with Gasteiger partial charge in [0.25, 0.3) is 5.92 Å². The number of aliphatic hydroxyl groups is 2. The molecule has 0 aliphatic carbocycles. The molecule has 0 saturated carbocycles. The summed E-state index contributed by atoms with van der Waals surface area (Å²) in [5, 5.41) is 25.7. The summed E-state index contributed by atoms with van der Waals surface area (Å²) in [6.07, 6.45) is -1.62. The molecule has 2 aromatic heterocycles. The zero-order valence-electron chi connectivity index (χ0n) is 18.1. The van der Waals surface area contributed by atoms with E-state index >= 15 is 0 Å². The summed E-state index contributed by atoms with van der Waals surface area (Å²) in [5.41, 5.74) is 6.37. The van der Waals surface area contributed by atoms with Crippen molar-refractivity contribution in [3.8, 4) is 0 Å². The molecule has 0 radical (unpaired) electrons. The molecule has 0 bridgehead atoms. The molecule has 32 heavy (non-hydrogen) atoms. The predicted molar refractivity (Wildman–Crippen MR) is 112 cm³/mol. The number of nitrogens with zero attached hydrogens (tertiary/aromatic N) is 5. The van der Waals surface area contributed by atoms with Crippen LogP contribution in [0.4, 0.5) is 14.6 Å². The van der Waals surface area contributed by atoms with Crippen molar-refractivity contribution in [2.75, 3.05) is 38.5 Å². The van der Waals surface area contributed by atoms with Gasteiger partial charge in [0.1, 0.15) is 30.2 Å². The molecule has 1 spiro atoms. The Hall–Kier alpha value is -1.92. The first kappa shape index (κ1) is 21.9. The normalized spacial score (nSPS) is 32.9. The van der Waals surface area contributed by atoms with Crippen molar-refractivity contribution in [2.24, 2.45) is 0 Å². The van der Waals surface area contributed by atoms with Crippen molar-refractivity contribution in [2.45, 2.75) is 62.1 Å². The van der Waals surface area contributed by atoms with E-state index in [1.807, 2.05) is 0 Å². The van der Waals surface area contributed by atoms with E-state index < -0.39 is 35.9 Å². The Bertz CT molecular complexity index is 980. The zero-order valence-corrected chi connectivity index (χ0v) is 18.1. The first-order valence-corrected chi connectivity index (χ1v) is 11.2. The highest BCUT2D eigenvalue weighted by Gasteiger charge is 2.57. The lowest BCUT2D eigenvalue weighted by Gasteiger charge is -2.45. The van der Waals surface area contributed by atoms with Crippen LogP contribution in [-0.2, 0) is 4.74 Å². The van der Waals surface area contributed by atoms with E-state index in [-0.39, 0.29) is 25.3 Å². The van der Waals surface area contributed by atoms with Crippen molar-refractivity contribution >= 4 is 11.3 Å². The zero-order chi connectivity index (χ0) is 22.7. The maximum Gasteiger partial charge on any atom is 0.262 e. The van der Waals surface area contributed by atoms with E-state index in [1.54, 1.807) is 17.0 Å². The molecule has 3 saturated heterocycles. The number of hydrogen-bond donors (Lipinski definition) is 3. The number of nitrogens with two attached hydrogens (primary N) is 1. The average Bonchev–Trinajstić information content (AvgIpc) is 3.38. The van der Waals surface area contributed by atoms with E-state index in [0.29, 0.717) is 24.1 Å². The molecule has 3 fully saturated rings. The van der Waals surface area contributed by atoms with Crippen LogP contribution in [0.3, 0.4) is 0 Å². The van der Waals surface area contributed by atoms with Gasteiger partial charge in [0, 0.05) is 18.5 Å². The number of rotatable bonds is 4. The van der Waals surface area contributed by atoms with Gasteiger partial charge in [-0.15, -0.1) is 0 Å². The van der Waals surface area contributed by atoms with Crippen molar-refractivity contribution in [1.29, 1.82) is 0 Å². The van der Waals surface area contributed by atoms with Gasteiger partial charge in [-0.25, -0.2) is 18.3 Å². The van der Waals surface area contributed by atoms with Crippen LogP contribution in [0, 0.1) is 0 Å². The van der Waals surface area contributed by atoms with E-state index in [1.165, 1.54) is 10.8 Å². The second-order valence-corrected chi connectivity index (χ2v) is 9.35. The lowest BCUT2D eigenvalue weighted by molar-refractivity contribution is -0.0402. The Morgan fingerprint density at radius 2 is 1.97 bits per heavy atom. The minimum Gasteiger partial charge on any atom is -0.388 e. The molecule has 9 nitrogen and oxygen atoms in total. The third-order valence-corrected chi connectivity index (χ3v) is 7.48. The number of ether oxygens (including phenoxy) is 1. The molecule has 0 unspecified atom stereocenters. The van der Waals surface area contributed by atoms with Crippen LogP contribution in [0.15, 0.2) is 18.5 Å². The summed E-state index contributed by atoms with van der Waals surface area (Å²) in [6, 6.07) is 3.44. The topological polar surface area (TPSA) is 112 Å². The average molecular weight is 453 g/mol. The number of halogens is 2. The standard InChI is InChI=1S/C21H30F2N6O3/c1-2-27-7-5-20(6-8-27)10-21(22,23)11-28(20)9-15-16(30)17(31)18(32-15)13-3-4-14-19(24)25-12-26-29(13)14/h3-4,12,15-18,30-31H,2,5-11H2,1H3,(H2,24,25,26)/t15-,16-,17-,18+/m1/s1. The van der Waals surface area contributed by atoms with Crippen LogP contribution in [0.1, 0.15) is 38.0 Å². The van der Waals surface area contributed by atoms with E-state index in [2.05, 4.69) is 21.9 Å². The van der Waals surface area contributed by atoms with Crippen molar-refractivity contribution in [1.82, 2.24) is 24.4 Å². The summed E-state index contributed by atoms with van der Waals surface area (Å²) in [4.78, 5) is 8.01. The van der Waals surface area contributed by atoms with Gasteiger partial charge in [-0.1, -0.05) is 6.92 Å². The molecule has 0 amide bonds. The number of nitrogen functional groups attached to an aromatic ring is 1. The van der Waals surface area contributed by atoms with Crippen molar-refractivity contribution in [3.63, 3.8) is 0 Å². The maximum atomic E-state index is 14.5. The number of likely N-dealkylation sites (tertiary alicyclic amines) is 2. The number of alkyl halides is 2. The van der Waals surface area contributed by atoms with Gasteiger partial charge in [0.05, 0.1) is 18.3 Å². The third kappa shape index (κ3) is 3.56. The second-order valence-electron chi connectivity index (χ2n) is 9.35. The summed E-state index contributed by atoms with van der Waals surface area (Å²) in [7, 11) is 0. The second kappa shape index (κ2) is 7.84. The Morgan fingerprint density at radius 3 is 2.69 bits per heavy atom. The number of aromatic nitrogens is 3. The molecule has 4 N–H and O–H groups in total. The quantitative estimate of drug-likeness (QED) is 0.621. The highest BCUT2D eigenvalue weighted by atomic mass is 19.3. The number of aliphatic hydroxyl groups excluding tert-OH is 2. The van der Waals surface area contributed by atoms with Crippen LogP contribution in [0.25, 0.3) is 5.52 Å². The molecule has 0 aromatic carbocycles. The monoisotopic (exact) mass is 452 g/mol.